The molecule has 0 saturated heterocycles. The number of aryl methyl sites for hydroxylation is 2. The van der Waals surface area contributed by atoms with Crippen molar-refractivity contribution in [3.05, 3.63) is 58.7 Å². The van der Waals surface area contributed by atoms with Gasteiger partial charge in [-0.2, -0.15) is 0 Å². The third-order valence-electron chi connectivity index (χ3n) is 3.57. The minimum atomic E-state index is 0.353. The van der Waals surface area contributed by atoms with Gasteiger partial charge in [0.05, 0.1) is 5.56 Å². The molecule has 0 aliphatic carbocycles. The minimum absolute atomic E-state index is 0.353. The van der Waals surface area contributed by atoms with E-state index in [2.05, 4.69) is 32.0 Å². The largest absolute Gasteiger partial charge is 0.456 e. The number of hydrogen-bond donors (Lipinski definition) is 1. The highest BCUT2D eigenvalue weighted by Crippen LogP contribution is 2.32. The van der Waals surface area contributed by atoms with Gasteiger partial charge >= 0.3 is 0 Å². The lowest BCUT2D eigenvalue weighted by Gasteiger charge is -2.16. The number of ether oxygens (including phenoxy) is 1. The van der Waals surface area contributed by atoms with Gasteiger partial charge in [0.15, 0.2) is 0 Å². The average Bonchev–Trinajstić information content (AvgIpc) is 2.42. The van der Waals surface area contributed by atoms with Crippen LogP contribution in [-0.2, 0) is 0 Å². The fraction of sp³-hybridized carbons (Fsp3) is 0.278. The number of hydrogen-bond acceptors (Lipinski definition) is 2. The fourth-order valence-corrected chi connectivity index (χ4v) is 2.34. The number of rotatable bonds is 4. The topological polar surface area (TPSA) is 35.2 Å². The molecular formula is C18H21NOS. The first-order valence-electron chi connectivity index (χ1n) is 7.08. The van der Waals surface area contributed by atoms with Crippen molar-refractivity contribution in [2.75, 3.05) is 0 Å². The van der Waals surface area contributed by atoms with E-state index in [0.29, 0.717) is 10.9 Å². The summed E-state index contributed by atoms with van der Waals surface area (Å²) in [4.78, 5) is 0.353. The van der Waals surface area contributed by atoms with Crippen LogP contribution in [0.25, 0.3) is 0 Å². The van der Waals surface area contributed by atoms with E-state index < -0.39 is 0 Å². The molecule has 110 valence electrons. The maximum Gasteiger partial charge on any atom is 0.140 e. The van der Waals surface area contributed by atoms with Gasteiger partial charge in [0, 0.05) is 0 Å². The van der Waals surface area contributed by atoms with Gasteiger partial charge < -0.3 is 10.5 Å². The van der Waals surface area contributed by atoms with Crippen LogP contribution in [-0.4, -0.2) is 4.99 Å². The van der Waals surface area contributed by atoms with E-state index in [0.717, 1.165) is 28.2 Å². The van der Waals surface area contributed by atoms with Crippen molar-refractivity contribution in [3.8, 4) is 11.5 Å². The summed E-state index contributed by atoms with van der Waals surface area (Å²) in [6.07, 6.45) is 0. The Morgan fingerprint density at radius 2 is 1.81 bits per heavy atom. The van der Waals surface area contributed by atoms with Crippen LogP contribution in [0.4, 0.5) is 0 Å². The monoisotopic (exact) mass is 299 g/mol. The molecule has 2 aromatic carbocycles. The molecule has 0 spiro atoms. The maximum atomic E-state index is 6.16. The van der Waals surface area contributed by atoms with Crippen LogP contribution in [0.3, 0.4) is 0 Å². The molecule has 0 unspecified atom stereocenters. The Morgan fingerprint density at radius 3 is 2.43 bits per heavy atom. The Hall–Kier alpha value is -1.87. The molecule has 2 aromatic rings. The summed E-state index contributed by atoms with van der Waals surface area (Å²) in [5.41, 5.74) is 9.95. The second-order valence-corrected chi connectivity index (χ2v) is 6.04. The van der Waals surface area contributed by atoms with Crippen molar-refractivity contribution in [1.82, 2.24) is 0 Å². The summed E-state index contributed by atoms with van der Waals surface area (Å²) in [6, 6.07) is 12.2. The molecule has 0 atom stereocenters. The molecule has 2 N–H and O–H groups in total. The summed E-state index contributed by atoms with van der Waals surface area (Å²) in [5.74, 6) is 2.06. The molecule has 0 saturated carbocycles. The molecule has 3 heteroatoms. The second kappa shape index (κ2) is 6.27. The van der Waals surface area contributed by atoms with Gasteiger partial charge in [-0.05, 0) is 48.6 Å². The molecule has 2 nitrogen and oxygen atoms in total. The molecule has 0 aliphatic rings. The fourth-order valence-electron chi connectivity index (χ4n) is 2.18. The van der Waals surface area contributed by atoms with Gasteiger partial charge in [-0.3, -0.25) is 0 Å². The van der Waals surface area contributed by atoms with Crippen molar-refractivity contribution < 1.29 is 4.74 Å². The zero-order valence-corrected chi connectivity index (χ0v) is 13.8. The Kier molecular flexibility index (Phi) is 4.63. The van der Waals surface area contributed by atoms with Gasteiger partial charge in [0.1, 0.15) is 16.5 Å². The van der Waals surface area contributed by atoms with Crippen molar-refractivity contribution in [1.29, 1.82) is 0 Å². The number of nitrogens with two attached hydrogens (primary N) is 1. The van der Waals surface area contributed by atoms with Gasteiger partial charge in [-0.25, -0.2) is 0 Å². The number of thiocarbonyl (C=S) groups is 1. The lowest BCUT2D eigenvalue weighted by Crippen LogP contribution is -2.11. The molecule has 0 bridgehead atoms. The molecular weight excluding hydrogens is 278 g/mol. The second-order valence-electron chi connectivity index (χ2n) is 5.60. The first-order chi connectivity index (χ1) is 9.90. The first-order valence-corrected chi connectivity index (χ1v) is 7.48. The van der Waals surface area contributed by atoms with E-state index in [-0.39, 0.29) is 0 Å². The van der Waals surface area contributed by atoms with Crippen molar-refractivity contribution in [3.63, 3.8) is 0 Å². The zero-order chi connectivity index (χ0) is 15.6. The zero-order valence-electron chi connectivity index (χ0n) is 12.9. The van der Waals surface area contributed by atoms with Crippen molar-refractivity contribution >= 4 is 17.2 Å². The predicted octanol–water partition coefficient (Wildman–Crippen LogP) is 4.85. The molecule has 0 amide bonds. The van der Waals surface area contributed by atoms with Crippen LogP contribution in [0.15, 0.2) is 36.4 Å². The summed E-state index contributed by atoms with van der Waals surface area (Å²) >= 11 is 5.12. The molecule has 21 heavy (non-hydrogen) atoms. The van der Waals surface area contributed by atoms with Crippen molar-refractivity contribution in [2.24, 2.45) is 5.73 Å². The van der Waals surface area contributed by atoms with Crippen LogP contribution >= 0.6 is 12.2 Å². The van der Waals surface area contributed by atoms with E-state index in [4.69, 9.17) is 22.7 Å². The quantitative estimate of drug-likeness (QED) is 0.819. The normalized spacial score (nSPS) is 10.7. The highest BCUT2D eigenvalue weighted by Gasteiger charge is 2.12. The summed E-state index contributed by atoms with van der Waals surface area (Å²) in [5, 5.41) is 0. The third-order valence-corrected chi connectivity index (χ3v) is 3.79. The van der Waals surface area contributed by atoms with Gasteiger partial charge in [0.25, 0.3) is 0 Å². The van der Waals surface area contributed by atoms with Crippen LogP contribution in [0.2, 0.25) is 0 Å². The van der Waals surface area contributed by atoms with E-state index in [1.165, 1.54) is 5.56 Å². The SMILES string of the molecule is Cc1ccc(C(C)C)cc1Oc1c(C)cccc1C(N)=S. The lowest BCUT2D eigenvalue weighted by atomic mass is 10.0. The van der Waals surface area contributed by atoms with Gasteiger partial charge in [-0.1, -0.05) is 50.3 Å². The Bertz CT molecular complexity index is 677. The summed E-state index contributed by atoms with van der Waals surface area (Å²) < 4.78 is 6.16. The van der Waals surface area contributed by atoms with Crippen LogP contribution in [0, 0.1) is 13.8 Å². The van der Waals surface area contributed by atoms with E-state index >= 15 is 0 Å². The number of para-hydroxylation sites is 1. The molecule has 0 aromatic heterocycles. The lowest BCUT2D eigenvalue weighted by molar-refractivity contribution is 0.473. The predicted molar refractivity (Wildman–Crippen MR) is 92.4 cm³/mol. The smallest absolute Gasteiger partial charge is 0.140 e. The molecule has 2 rings (SSSR count). The van der Waals surface area contributed by atoms with Crippen LogP contribution in [0.5, 0.6) is 11.5 Å². The van der Waals surface area contributed by atoms with Crippen LogP contribution in [0.1, 0.15) is 42.0 Å². The van der Waals surface area contributed by atoms with E-state index in [9.17, 15) is 0 Å². The third kappa shape index (κ3) is 3.42. The molecule has 0 radical (unpaired) electrons. The highest BCUT2D eigenvalue weighted by atomic mass is 32.1. The molecule has 0 heterocycles. The molecule has 0 fully saturated rings. The van der Waals surface area contributed by atoms with Gasteiger partial charge in [-0.15, -0.1) is 0 Å². The van der Waals surface area contributed by atoms with E-state index in [1.54, 1.807) is 0 Å². The first kappa shape index (κ1) is 15.5. The van der Waals surface area contributed by atoms with Gasteiger partial charge in [0.2, 0.25) is 0 Å². The van der Waals surface area contributed by atoms with E-state index in [1.807, 2.05) is 32.0 Å². The highest BCUT2D eigenvalue weighted by molar-refractivity contribution is 7.80. The standard InChI is InChI=1S/C18H21NOS/c1-11(2)14-9-8-12(3)16(10-14)20-17-13(4)6-5-7-15(17)18(19)21/h5-11H,1-4H3,(H2,19,21). The molecule has 0 aliphatic heterocycles. The summed E-state index contributed by atoms with van der Waals surface area (Å²) in [7, 11) is 0. The Balaban J connectivity index is 2.48. The summed E-state index contributed by atoms with van der Waals surface area (Å²) in [6.45, 7) is 8.38. The maximum absolute atomic E-state index is 6.16. The number of benzene rings is 2. The minimum Gasteiger partial charge on any atom is -0.456 e. The Labute approximate surface area is 131 Å². The Morgan fingerprint density at radius 1 is 1.10 bits per heavy atom. The average molecular weight is 299 g/mol. The van der Waals surface area contributed by atoms with Crippen molar-refractivity contribution in [2.45, 2.75) is 33.6 Å². The van der Waals surface area contributed by atoms with Crippen LogP contribution < -0.4 is 10.5 Å².